The first kappa shape index (κ1) is 18.5. The number of thiophene rings is 1. The summed E-state index contributed by atoms with van der Waals surface area (Å²) in [6, 6.07) is 4.00. The van der Waals surface area contributed by atoms with Gasteiger partial charge in [0.1, 0.15) is 10.7 Å². The van der Waals surface area contributed by atoms with Crippen molar-refractivity contribution in [2.45, 2.75) is 0 Å². The summed E-state index contributed by atoms with van der Waals surface area (Å²) < 4.78 is 5.29. The monoisotopic (exact) mass is 406 g/mol. The molecular formula is C18H22N4O3S2. The van der Waals surface area contributed by atoms with E-state index >= 15 is 0 Å². The Morgan fingerprint density at radius 3 is 2.52 bits per heavy atom. The molecule has 2 saturated heterocycles. The molecule has 144 valence electrons. The van der Waals surface area contributed by atoms with Gasteiger partial charge in [-0.05, 0) is 11.4 Å². The van der Waals surface area contributed by atoms with Crippen LogP contribution >= 0.6 is 22.7 Å². The highest BCUT2D eigenvalue weighted by molar-refractivity contribution is 7.20. The summed E-state index contributed by atoms with van der Waals surface area (Å²) in [6.45, 7) is 5.68. The molecule has 4 heterocycles. The maximum absolute atomic E-state index is 12.7. The maximum Gasteiger partial charge on any atom is 0.273 e. The molecule has 2 fully saturated rings. The molecule has 0 atom stereocenters. The Morgan fingerprint density at radius 2 is 1.81 bits per heavy atom. The minimum Gasteiger partial charge on any atom is -0.378 e. The summed E-state index contributed by atoms with van der Waals surface area (Å²) in [5, 5.41) is 4.74. The van der Waals surface area contributed by atoms with Crippen molar-refractivity contribution in [3.63, 3.8) is 0 Å². The van der Waals surface area contributed by atoms with Gasteiger partial charge >= 0.3 is 0 Å². The number of hydrogen-bond acceptors (Lipinski definition) is 7. The second kappa shape index (κ2) is 8.47. The molecule has 4 rings (SSSR count). The number of ether oxygens (including phenoxy) is 1. The zero-order valence-corrected chi connectivity index (χ0v) is 16.6. The Balaban J connectivity index is 1.28. The predicted octanol–water partition coefficient (Wildman–Crippen LogP) is 1.49. The van der Waals surface area contributed by atoms with Gasteiger partial charge in [0, 0.05) is 44.6 Å². The maximum atomic E-state index is 12.7. The van der Waals surface area contributed by atoms with Crippen molar-refractivity contribution in [1.29, 1.82) is 0 Å². The Kier molecular flexibility index (Phi) is 5.82. The van der Waals surface area contributed by atoms with Crippen molar-refractivity contribution in [3.05, 3.63) is 28.6 Å². The van der Waals surface area contributed by atoms with E-state index in [0.29, 0.717) is 64.7 Å². The molecule has 0 radical (unpaired) electrons. The van der Waals surface area contributed by atoms with E-state index in [1.807, 2.05) is 32.7 Å². The zero-order chi connectivity index (χ0) is 18.6. The number of carbonyl (C=O) groups excluding carboxylic acids is 2. The number of carbonyl (C=O) groups is 2. The molecule has 2 aromatic heterocycles. The summed E-state index contributed by atoms with van der Waals surface area (Å²) in [6.07, 6.45) is 0. The largest absolute Gasteiger partial charge is 0.378 e. The van der Waals surface area contributed by atoms with Crippen LogP contribution in [0, 0.1) is 0 Å². The number of rotatable bonds is 4. The van der Waals surface area contributed by atoms with Gasteiger partial charge in [0.05, 0.1) is 24.6 Å². The number of piperazine rings is 1. The van der Waals surface area contributed by atoms with Gasteiger partial charge in [-0.3, -0.25) is 14.5 Å². The van der Waals surface area contributed by atoms with E-state index in [9.17, 15) is 9.59 Å². The predicted molar refractivity (Wildman–Crippen MR) is 105 cm³/mol. The summed E-state index contributed by atoms with van der Waals surface area (Å²) >= 11 is 3.13. The van der Waals surface area contributed by atoms with Crippen LogP contribution < -0.4 is 0 Å². The third-order valence-electron chi connectivity index (χ3n) is 4.84. The minimum atomic E-state index is -0.0202. The number of amides is 2. The van der Waals surface area contributed by atoms with Crippen LogP contribution in [0.5, 0.6) is 0 Å². The van der Waals surface area contributed by atoms with Crippen LogP contribution in [0.2, 0.25) is 0 Å². The zero-order valence-electron chi connectivity index (χ0n) is 15.0. The molecule has 0 bridgehead atoms. The second-order valence-corrected chi connectivity index (χ2v) is 8.38. The third-order valence-corrected chi connectivity index (χ3v) is 6.72. The number of aromatic nitrogens is 1. The standard InChI is InChI=1S/C18H22N4O3S2/c23-16(21-7-9-25-10-8-21)12-20-3-5-22(6-4-20)18(24)14-13-27-17(19-14)15-2-1-11-26-15/h1-2,11,13H,3-10,12H2. The molecule has 2 aliphatic heterocycles. The van der Waals surface area contributed by atoms with Crippen molar-refractivity contribution in [2.75, 3.05) is 59.0 Å². The lowest BCUT2D eigenvalue weighted by molar-refractivity contribution is -0.136. The lowest BCUT2D eigenvalue weighted by Crippen LogP contribution is -2.52. The molecule has 2 aliphatic rings. The van der Waals surface area contributed by atoms with Gasteiger partial charge in [0.25, 0.3) is 5.91 Å². The Labute approximate surface area is 166 Å². The molecule has 0 spiro atoms. The molecule has 9 heteroatoms. The first-order chi connectivity index (χ1) is 13.2. The lowest BCUT2D eigenvalue weighted by atomic mass is 10.2. The highest BCUT2D eigenvalue weighted by Crippen LogP contribution is 2.28. The van der Waals surface area contributed by atoms with Crippen LogP contribution in [-0.4, -0.2) is 90.5 Å². The fourth-order valence-corrected chi connectivity index (χ4v) is 4.87. The molecule has 2 amide bonds. The summed E-state index contributed by atoms with van der Waals surface area (Å²) in [5.41, 5.74) is 0.515. The fourth-order valence-electron chi connectivity index (χ4n) is 3.26. The van der Waals surface area contributed by atoms with Gasteiger partial charge in [-0.1, -0.05) is 6.07 Å². The van der Waals surface area contributed by atoms with Crippen molar-refractivity contribution in [1.82, 2.24) is 19.7 Å². The second-order valence-electron chi connectivity index (χ2n) is 6.58. The van der Waals surface area contributed by atoms with E-state index < -0.39 is 0 Å². The van der Waals surface area contributed by atoms with Gasteiger partial charge in [0.15, 0.2) is 0 Å². The van der Waals surface area contributed by atoms with Gasteiger partial charge in [-0.2, -0.15) is 0 Å². The normalized spacial score (nSPS) is 18.7. The highest BCUT2D eigenvalue weighted by atomic mass is 32.1. The van der Waals surface area contributed by atoms with Gasteiger partial charge in [-0.25, -0.2) is 4.98 Å². The summed E-state index contributed by atoms with van der Waals surface area (Å²) in [5.74, 6) is 0.131. The minimum absolute atomic E-state index is 0.0202. The number of nitrogens with zero attached hydrogens (tertiary/aromatic N) is 4. The van der Waals surface area contributed by atoms with Crippen LogP contribution in [-0.2, 0) is 9.53 Å². The first-order valence-corrected chi connectivity index (χ1v) is 10.8. The van der Waals surface area contributed by atoms with E-state index in [1.54, 1.807) is 11.3 Å². The topological polar surface area (TPSA) is 66.0 Å². The first-order valence-electron chi connectivity index (χ1n) is 9.07. The van der Waals surface area contributed by atoms with Crippen molar-refractivity contribution in [2.24, 2.45) is 0 Å². The van der Waals surface area contributed by atoms with Crippen molar-refractivity contribution < 1.29 is 14.3 Å². The number of morpholine rings is 1. The van der Waals surface area contributed by atoms with Gasteiger partial charge in [-0.15, -0.1) is 22.7 Å². The van der Waals surface area contributed by atoms with E-state index in [2.05, 4.69) is 9.88 Å². The summed E-state index contributed by atoms with van der Waals surface area (Å²) in [4.78, 5) is 36.5. The molecule has 0 aliphatic carbocycles. The average Bonchev–Trinajstić information content (AvgIpc) is 3.40. The van der Waals surface area contributed by atoms with Crippen LogP contribution in [0.25, 0.3) is 9.88 Å². The molecule has 7 nitrogen and oxygen atoms in total. The molecule has 0 unspecified atom stereocenters. The Hall–Kier alpha value is -1.81. The molecule has 27 heavy (non-hydrogen) atoms. The van der Waals surface area contributed by atoms with Gasteiger partial charge < -0.3 is 14.5 Å². The van der Waals surface area contributed by atoms with Crippen molar-refractivity contribution in [3.8, 4) is 9.88 Å². The van der Waals surface area contributed by atoms with E-state index in [0.717, 1.165) is 9.88 Å². The quantitative estimate of drug-likeness (QED) is 0.770. The van der Waals surface area contributed by atoms with E-state index in [4.69, 9.17) is 4.74 Å². The van der Waals surface area contributed by atoms with Crippen LogP contribution in [0.4, 0.5) is 0 Å². The fraction of sp³-hybridized carbons (Fsp3) is 0.500. The molecule has 0 aromatic carbocycles. The van der Waals surface area contributed by atoms with E-state index in [-0.39, 0.29) is 11.8 Å². The molecular weight excluding hydrogens is 384 g/mol. The number of thiazole rings is 1. The Bertz CT molecular complexity index is 778. The number of hydrogen-bond donors (Lipinski definition) is 0. The van der Waals surface area contributed by atoms with Crippen molar-refractivity contribution >= 4 is 34.5 Å². The molecule has 0 N–H and O–H groups in total. The summed E-state index contributed by atoms with van der Waals surface area (Å²) in [7, 11) is 0. The van der Waals surface area contributed by atoms with Crippen LogP contribution in [0.3, 0.4) is 0 Å². The van der Waals surface area contributed by atoms with Crippen LogP contribution in [0.1, 0.15) is 10.5 Å². The SMILES string of the molecule is O=C(CN1CCN(C(=O)c2csc(-c3cccs3)n2)CC1)N1CCOCC1. The average molecular weight is 407 g/mol. The Morgan fingerprint density at radius 1 is 1.04 bits per heavy atom. The molecule has 0 saturated carbocycles. The highest BCUT2D eigenvalue weighted by Gasteiger charge is 2.26. The lowest BCUT2D eigenvalue weighted by Gasteiger charge is -2.35. The smallest absolute Gasteiger partial charge is 0.273 e. The third kappa shape index (κ3) is 4.37. The van der Waals surface area contributed by atoms with E-state index in [1.165, 1.54) is 11.3 Å². The van der Waals surface area contributed by atoms with Crippen LogP contribution in [0.15, 0.2) is 22.9 Å². The van der Waals surface area contributed by atoms with Gasteiger partial charge in [0.2, 0.25) is 5.91 Å². The molecule has 2 aromatic rings.